The van der Waals surface area contributed by atoms with Gasteiger partial charge < -0.3 is 24.6 Å². The molecule has 0 radical (unpaired) electrons. The highest BCUT2D eigenvalue weighted by atomic mass is 31.2. The lowest BCUT2D eigenvalue weighted by atomic mass is 10.0. The largest absolute Gasteiger partial charge is 0.472 e. The number of carbonyl (C=O) groups excluding carboxylic acids is 2. The standard InChI is InChI=1S/C50H89O10P/c1-3-5-7-9-11-13-15-17-19-20-21-22-23-24-25-26-28-30-32-34-36-38-40-42-50(54)60-48(44-52)46-58-61(55,56)57-45-47(43-51)59-49(53)41-39-37-35-33-31-29-27-18-16-14-12-10-8-6-4-2/h6,8,12,14-15,17-18,20-21,27,47-48,51-52H,3-5,7,9-11,13,16,19,22-26,28-46H2,1-2H3,(H,55,56)/b8-6-,14-12-,17-15-,21-20-,27-18-. The van der Waals surface area contributed by atoms with Crippen LogP contribution in [-0.2, 0) is 32.7 Å². The Bertz CT molecular complexity index is 1200. The molecule has 0 rings (SSSR count). The van der Waals surface area contributed by atoms with Gasteiger partial charge in [-0.15, -0.1) is 0 Å². The van der Waals surface area contributed by atoms with Gasteiger partial charge in [-0.2, -0.15) is 0 Å². The van der Waals surface area contributed by atoms with Crippen LogP contribution in [0.5, 0.6) is 0 Å². The van der Waals surface area contributed by atoms with E-state index in [1.807, 2.05) is 0 Å². The number of carbonyl (C=O) groups is 2. The fourth-order valence-electron chi connectivity index (χ4n) is 6.51. The van der Waals surface area contributed by atoms with E-state index in [0.29, 0.717) is 12.8 Å². The summed E-state index contributed by atoms with van der Waals surface area (Å²) in [6.45, 7) is 2.07. The van der Waals surface area contributed by atoms with E-state index >= 15 is 0 Å². The summed E-state index contributed by atoms with van der Waals surface area (Å²) >= 11 is 0. The van der Waals surface area contributed by atoms with Crippen LogP contribution in [0.1, 0.15) is 206 Å². The summed E-state index contributed by atoms with van der Waals surface area (Å²) < 4.78 is 32.6. The summed E-state index contributed by atoms with van der Waals surface area (Å²) in [5, 5.41) is 19.2. The van der Waals surface area contributed by atoms with Crippen LogP contribution in [-0.4, -0.2) is 65.7 Å². The second-order valence-corrected chi connectivity index (χ2v) is 17.5. The van der Waals surface area contributed by atoms with E-state index in [0.717, 1.165) is 77.0 Å². The first kappa shape index (κ1) is 58.7. The van der Waals surface area contributed by atoms with Gasteiger partial charge in [-0.05, 0) is 77.0 Å². The molecule has 0 aliphatic heterocycles. The van der Waals surface area contributed by atoms with Crippen molar-refractivity contribution in [3.8, 4) is 0 Å². The van der Waals surface area contributed by atoms with E-state index in [1.165, 1.54) is 89.9 Å². The second-order valence-electron chi connectivity index (χ2n) is 16.1. The topological polar surface area (TPSA) is 149 Å². The quantitative estimate of drug-likeness (QED) is 0.0233. The van der Waals surface area contributed by atoms with Crippen LogP contribution < -0.4 is 0 Å². The van der Waals surface area contributed by atoms with Gasteiger partial charge in [0.25, 0.3) is 0 Å². The van der Waals surface area contributed by atoms with Gasteiger partial charge in [-0.3, -0.25) is 18.6 Å². The lowest BCUT2D eigenvalue weighted by Crippen LogP contribution is -2.28. The normalized spacial score (nSPS) is 14.2. The minimum absolute atomic E-state index is 0.171. The Morgan fingerprint density at radius 1 is 0.459 bits per heavy atom. The zero-order chi connectivity index (χ0) is 44.8. The SMILES string of the molecule is CC/C=C\C/C=C\C/C=C\CCCCCCCC(=O)OC(CO)COP(=O)(O)OCC(CO)OC(=O)CCCCCCCCCCCCC/C=C\C/C=C\CCCCCCC. The number of rotatable bonds is 45. The molecule has 0 saturated heterocycles. The number of ether oxygens (including phenoxy) is 2. The molecule has 354 valence electrons. The number of esters is 2. The molecule has 3 unspecified atom stereocenters. The molecule has 11 heteroatoms. The van der Waals surface area contributed by atoms with Crippen molar-refractivity contribution in [3.63, 3.8) is 0 Å². The first-order valence-electron chi connectivity index (χ1n) is 24.2. The van der Waals surface area contributed by atoms with Crippen molar-refractivity contribution >= 4 is 19.8 Å². The maximum Gasteiger partial charge on any atom is 0.472 e. The van der Waals surface area contributed by atoms with Crippen LogP contribution in [0.25, 0.3) is 0 Å². The van der Waals surface area contributed by atoms with Gasteiger partial charge in [0.2, 0.25) is 0 Å². The van der Waals surface area contributed by atoms with E-state index in [2.05, 4.69) is 74.6 Å². The van der Waals surface area contributed by atoms with Crippen molar-refractivity contribution in [3.05, 3.63) is 60.8 Å². The highest BCUT2D eigenvalue weighted by molar-refractivity contribution is 7.47. The predicted molar refractivity (Wildman–Crippen MR) is 251 cm³/mol. The van der Waals surface area contributed by atoms with Crippen LogP contribution in [0.2, 0.25) is 0 Å². The summed E-state index contributed by atoms with van der Waals surface area (Å²) in [5.41, 5.74) is 0. The van der Waals surface area contributed by atoms with Gasteiger partial charge >= 0.3 is 19.8 Å². The Kier molecular flexibility index (Phi) is 43.9. The summed E-state index contributed by atoms with van der Waals surface area (Å²) in [6.07, 6.45) is 51.9. The number of phosphoric ester groups is 1. The average molecular weight is 881 g/mol. The summed E-state index contributed by atoms with van der Waals surface area (Å²) in [4.78, 5) is 34.6. The Hall–Kier alpha value is -2.33. The Labute approximate surface area is 372 Å². The Morgan fingerprint density at radius 2 is 0.770 bits per heavy atom. The number of aliphatic hydroxyl groups excluding tert-OH is 2. The number of hydrogen-bond donors (Lipinski definition) is 3. The fraction of sp³-hybridized carbons (Fsp3) is 0.760. The zero-order valence-electron chi connectivity index (χ0n) is 38.6. The predicted octanol–water partition coefficient (Wildman–Crippen LogP) is 13.5. The third-order valence-electron chi connectivity index (χ3n) is 10.2. The Balaban J connectivity index is 3.87. The van der Waals surface area contributed by atoms with Gasteiger partial charge in [-0.25, -0.2) is 4.57 Å². The van der Waals surface area contributed by atoms with Gasteiger partial charge in [0, 0.05) is 12.8 Å². The molecule has 0 amide bonds. The van der Waals surface area contributed by atoms with E-state index in [9.17, 15) is 29.3 Å². The van der Waals surface area contributed by atoms with Crippen molar-refractivity contribution in [2.45, 2.75) is 219 Å². The molecular formula is C50H89O10P. The smallest absolute Gasteiger partial charge is 0.457 e. The van der Waals surface area contributed by atoms with Gasteiger partial charge in [0.05, 0.1) is 26.4 Å². The molecule has 0 heterocycles. The number of phosphoric acid groups is 1. The van der Waals surface area contributed by atoms with Crippen molar-refractivity contribution in [2.24, 2.45) is 0 Å². The van der Waals surface area contributed by atoms with Crippen LogP contribution >= 0.6 is 7.82 Å². The van der Waals surface area contributed by atoms with E-state index in [1.54, 1.807) is 0 Å². The number of hydrogen-bond acceptors (Lipinski definition) is 9. The second kappa shape index (κ2) is 45.7. The molecule has 0 aliphatic rings. The summed E-state index contributed by atoms with van der Waals surface area (Å²) in [5.74, 6) is -1.04. The van der Waals surface area contributed by atoms with Crippen LogP contribution in [0.15, 0.2) is 60.8 Å². The molecule has 10 nitrogen and oxygen atoms in total. The molecular weight excluding hydrogens is 792 g/mol. The maximum atomic E-state index is 12.4. The van der Waals surface area contributed by atoms with E-state index < -0.39 is 58.4 Å². The zero-order valence-corrected chi connectivity index (χ0v) is 39.5. The molecule has 3 N–H and O–H groups in total. The first-order valence-corrected chi connectivity index (χ1v) is 25.7. The molecule has 61 heavy (non-hydrogen) atoms. The molecule has 0 spiro atoms. The van der Waals surface area contributed by atoms with E-state index in [-0.39, 0.29) is 12.8 Å². The minimum atomic E-state index is -4.65. The summed E-state index contributed by atoms with van der Waals surface area (Å²) in [6, 6.07) is 0. The monoisotopic (exact) mass is 881 g/mol. The number of unbranched alkanes of at least 4 members (excludes halogenated alkanes) is 21. The third kappa shape index (κ3) is 44.1. The average Bonchev–Trinajstić information content (AvgIpc) is 3.25. The Morgan fingerprint density at radius 3 is 1.11 bits per heavy atom. The van der Waals surface area contributed by atoms with Gasteiger partial charge in [-0.1, -0.05) is 177 Å². The molecule has 0 aromatic rings. The minimum Gasteiger partial charge on any atom is -0.457 e. The molecule has 3 atom stereocenters. The summed E-state index contributed by atoms with van der Waals surface area (Å²) in [7, 11) is -4.65. The van der Waals surface area contributed by atoms with Crippen molar-refractivity contribution in [1.29, 1.82) is 0 Å². The van der Waals surface area contributed by atoms with Crippen molar-refractivity contribution < 1.29 is 47.8 Å². The van der Waals surface area contributed by atoms with Crippen molar-refractivity contribution in [2.75, 3.05) is 26.4 Å². The third-order valence-corrected chi connectivity index (χ3v) is 11.2. The molecule has 0 aromatic carbocycles. The van der Waals surface area contributed by atoms with Crippen LogP contribution in [0, 0.1) is 0 Å². The lowest BCUT2D eigenvalue weighted by molar-refractivity contribution is -0.153. The van der Waals surface area contributed by atoms with Gasteiger partial charge in [0.1, 0.15) is 12.2 Å². The van der Waals surface area contributed by atoms with Crippen LogP contribution in [0.4, 0.5) is 0 Å². The molecule has 0 aliphatic carbocycles. The highest BCUT2D eigenvalue weighted by Gasteiger charge is 2.27. The number of aliphatic hydroxyl groups is 2. The maximum absolute atomic E-state index is 12.4. The van der Waals surface area contributed by atoms with Crippen molar-refractivity contribution in [1.82, 2.24) is 0 Å². The van der Waals surface area contributed by atoms with E-state index in [4.69, 9.17) is 18.5 Å². The fourth-order valence-corrected chi connectivity index (χ4v) is 7.30. The molecule has 0 aromatic heterocycles. The molecule has 0 bridgehead atoms. The number of allylic oxidation sites excluding steroid dienone is 10. The molecule has 0 saturated carbocycles. The van der Waals surface area contributed by atoms with Gasteiger partial charge in [0.15, 0.2) is 0 Å². The van der Waals surface area contributed by atoms with Crippen LogP contribution in [0.3, 0.4) is 0 Å². The molecule has 0 fully saturated rings. The lowest BCUT2D eigenvalue weighted by Gasteiger charge is -2.20. The first-order chi connectivity index (χ1) is 29.8. The highest BCUT2D eigenvalue weighted by Crippen LogP contribution is 2.43.